The van der Waals surface area contributed by atoms with Crippen LogP contribution in [0.3, 0.4) is 0 Å². The Balaban J connectivity index is 1.92. The first-order valence-electron chi connectivity index (χ1n) is 7.60. The summed E-state index contributed by atoms with van der Waals surface area (Å²) in [6.07, 6.45) is 5.12. The lowest BCUT2D eigenvalue weighted by Gasteiger charge is -2.15. The molecule has 0 radical (unpaired) electrons. The van der Waals surface area contributed by atoms with Crippen LogP contribution in [0.1, 0.15) is 55.2 Å². The summed E-state index contributed by atoms with van der Waals surface area (Å²) in [4.78, 5) is 1.43. The molecule has 1 aromatic carbocycles. The molecule has 1 nitrogen and oxygen atoms in total. The van der Waals surface area contributed by atoms with E-state index < -0.39 is 0 Å². The molecule has 0 amide bonds. The van der Waals surface area contributed by atoms with Gasteiger partial charge in [0.2, 0.25) is 0 Å². The van der Waals surface area contributed by atoms with Crippen molar-refractivity contribution in [1.82, 2.24) is 0 Å². The molecule has 0 saturated heterocycles. The zero-order valence-electron chi connectivity index (χ0n) is 12.8. The number of thiophene rings is 1. The van der Waals surface area contributed by atoms with Gasteiger partial charge in [-0.25, -0.2) is 0 Å². The molecule has 0 saturated carbocycles. The van der Waals surface area contributed by atoms with E-state index in [0.717, 1.165) is 0 Å². The molecule has 0 bridgehead atoms. The standard InChI is InChI=1S/C18H25NS/c1-4-5-6-7-16-8-10-17(11-9-16)19-15(3)18-14(2)12-13-20-18/h8-13,15,19H,4-7H2,1-3H3. The molecule has 1 atom stereocenters. The van der Waals surface area contributed by atoms with Crippen molar-refractivity contribution in [3.8, 4) is 0 Å². The summed E-state index contributed by atoms with van der Waals surface area (Å²) in [5, 5.41) is 5.76. The molecular weight excluding hydrogens is 262 g/mol. The van der Waals surface area contributed by atoms with Crippen LogP contribution in [0.15, 0.2) is 35.7 Å². The van der Waals surface area contributed by atoms with Crippen LogP contribution < -0.4 is 5.32 Å². The van der Waals surface area contributed by atoms with E-state index in [0.29, 0.717) is 6.04 Å². The maximum atomic E-state index is 3.59. The van der Waals surface area contributed by atoms with Crippen molar-refractivity contribution in [2.75, 3.05) is 5.32 Å². The fraction of sp³-hybridized carbons (Fsp3) is 0.444. The normalized spacial score (nSPS) is 12.3. The van der Waals surface area contributed by atoms with E-state index in [2.05, 4.69) is 61.8 Å². The maximum Gasteiger partial charge on any atom is 0.0581 e. The van der Waals surface area contributed by atoms with Gasteiger partial charge in [-0.2, -0.15) is 0 Å². The second kappa shape index (κ2) is 7.49. The molecule has 0 aliphatic carbocycles. The first-order valence-corrected chi connectivity index (χ1v) is 8.48. The molecule has 1 unspecified atom stereocenters. The Hall–Kier alpha value is -1.28. The predicted octanol–water partition coefficient (Wildman–Crippen LogP) is 5.96. The second-order valence-corrected chi connectivity index (χ2v) is 6.44. The Labute approximate surface area is 127 Å². The molecule has 2 aromatic rings. The molecule has 108 valence electrons. The van der Waals surface area contributed by atoms with Gasteiger partial charge in [0.15, 0.2) is 0 Å². The largest absolute Gasteiger partial charge is 0.378 e. The Morgan fingerprint density at radius 3 is 2.45 bits per heavy atom. The van der Waals surface area contributed by atoms with Gasteiger partial charge < -0.3 is 5.32 Å². The summed E-state index contributed by atoms with van der Waals surface area (Å²) in [6.45, 7) is 6.66. The molecular formula is C18H25NS. The van der Waals surface area contributed by atoms with Crippen molar-refractivity contribution < 1.29 is 0 Å². The molecule has 0 spiro atoms. The van der Waals surface area contributed by atoms with Gasteiger partial charge in [0.05, 0.1) is 6.04 Å². The predicted molar refractivity (Wildman–Crippen MR) is 90.8 cm³/mol. The summed E-state index contributed by atoms with van der Waals surface area (Å²) in [5.74, 6) is 0. The number of rotatable bonds is 7. The minimum atomic E-state index is 0.376. The van der Waals surface area contributed by atoms with Crippen LogP contribution in [0.4, 0.5) is 5.69 Å². The highest BCUT2D eigenvalue weighted by molar-refractivity contribution is 7.10. The number of unbranched alkanes of at least 4 members (excludes halogenated alkanes) is 2. The van der Waals surface area contributed by atoms with E-state index in [4.69, 9.17) is 0 Å². The zero-order valence-corrected chi connectivity index (χ0v) is 13.6. The molecule has 0 fully saturated rings. The number of nitrogens with one attached hydrogen (secondary N) is 1. The van der Waals surface area contributed by atoms with Crippen LogP contribution >= 0.6 is 11.3 Å². The molecule has 0 aliphatic heterocycles. The molecule has 0 aliphatic rings. The number of aryl methyl sites for hydroxylation is 2. The number of hydrogen-bond donors (Lipinski definition) is 1. The van der Waals surface area contributed by atoms with E-state index in [1.54, 1.807) is 0 Å². The van der Waals surface area contributed by atoms with Crippen LogP contribution in [0.5, 0.6) is 0 Å². The van der Waals surface area contributed by atoms with E-state index in [1.807, 2.05) is 11.3 Å². The second-order valence-electron chi connectivity index (χ2n) is 5.49. The minimum Gasteiger partial charge on any atom is -0.378 e. The topological polar surface area (TPSA) is 12.0 Å². The summed E-state index contributed by atoms with van der Waals surface area (Å²) < 4.78 is 0. The van der Waals surface area contributed by atoms with Crippen molar-refractivity contribution in [2.45, 2.75) is 52.5 Å². The third kappa shape index (κ3) is 4.11. The Morgan fingerprint density at radius 1 is 1.10 bits per heavy atom. The van der Waals surface area contributed by atoms with Crippen LogP contribution in [-0.2, 0) is 6.42 Å². The van der Waals surface area contributed by atoms with E-state index in [9.17, 15) is 0 Å². The van der Waals surface area contributed by atoms with Crippen molar-refractivity contribution in [3.05, 3.63) is 51.7 Å². The summed E-state index contributed by atoms with van der Waals surface area (Å²) in [7, 11) is 0. The van der Waals surface area contributed by atoms with Crippen molar-refractivity contribution in [3.63, 3.8) is 0 Å². The fourth-order valence-electron chi connectivity index (χ4n) is 2.49. The van der Waals surface area contributed by atoms with E-state index >= 15 is 0 Å². The van der Waals surface area contributed by atoms with Gasteiger partial charge in [0.25, 0.3) is 0 Å². The smallest absolute Gasteiger partial charge is 0.0581 e. The fourth-order valence-corrected chi connectivity index (χ4v) is 3.43. The van der Waals surface area contributed by atoms with Crippen LogP contribution in [0.2, 0.25) is 0 Å². The molecule has 20 heavy (non-hydrogen) atoms. The van der Waals surface area contributed by atoms with Crippen molar-refractivity contribution in [2.24, 2.45) is 0 Å². The Kier molecular flexibility index (Phi) is 5.66. The lowest BCUT2D eigenvalue weighted by Crippen LogP contribution is -2.05. The molecule has 2 rings (SSSR count). The monoisotopic (exact) mass is 287 g/mol. The first-order chi connectivity index (χ1) is 9.70. The van der Waals surface area contributed by atoms with Gasteiger partial charge >= 0.3 is 0 Å². The third-order valence-electron chi connectivity index (χ3n) is 3.70. The van der Waals surface area contributed by atoms with E-state index in [-0.39, 0.29) is 0 Å². The Morgan fingerprint density at radius 2 is 1.85 bits per heavy atom. The number of hydrogen-bond acceptors (Lipinski definition) is 2. The quantitative estimate of drug-likeness (QED) is 0.619. The summed E-state index contributed by atoms with van der Waals surface area (Å²) in [6, 6.07) is 11.5. The van der Waals surface area contributed by atoms with Gasteiger partial charge in [-0.3, -0.25) is 0 Å². The number of benzene rings is 1. The average molecular weight is 287 g/mol. The summed E-state index contributed by atoms with van der Waals surface area (Å²) >= 11 is 1.83. The van der Waals surface area contributed by atoms with E-state index in [1.165, 1.54) is 47.4 Å². The zero-order chi connectivity index (χ0) is 14.4. The van der Waals surface area contributed by atoms with Crippen LogP contribution in [0, 0.1) is 6.92 Å². The van der Waals surface area contributed by atoms with Gasteiger partial charge in [-0.05, 0) is 61.4 Å². The van der Waals surface area contributed by atoms with Gasteiger partial charge in [0, 0.05) is 10.6 Å². The summed E-state index contributed by atoms with van der Waals surface area (Å²) in [5.41, 5.74) is 4.04. The third-order valence-corrected chi connectivity index (χ3v) is 4.90. The van der Waals surface area contributed by atoms with Crippen molar-refractivity contribution in [1.29, 1.82) is 0 Å². The lowest BCUT2D eigenvalue weighted by molar-refractivity contribution is 0.717. The van der Waals surface area contributed by atoms with Gasteiger partial charge in [0.1, 0.15) is 0 Å². The highest BCUT2D eigenvalue weighted by atomic mass is 32.1. The number of anilines is 1. The molecule has 2 heteroatoms. The van der Waals surface area contributed by atoms with Crippen LogP contribution in [0.25, 0.3) is 0 Å². The maximum absolute atomic E-state index is 3.59. The highest BCUT2D eigenvalue weighted by Gasteiger charge is 2.09. The van der Waals surface area contributed by atoms with Crippen molar-refractivity contribution >= 4 is 17.0 Å². The molecule has 1 heterocycles. The van der Waals surface area contributed by atoms with Gasteiger partial charge in [-0.15, -0.1) is 11.3 Å². The van der Waals surface area contributed by atoms with Crippen LogP contribution in [-0.4, -0.2) is 0 Å². The minimum absolute atomic E-state index is 0.376. The molecule has 1 N–H and O–H groups in total. The SMILES string of the molecule is CCCCCc1ccc(NC(C)c2sccc2C)cc1. The highest BCUT2D eigenvalue weighted by Crippen LogP contribution is 2.27. The average Bonchev–Trinajstić information content (AvgIpc) is 2.87. The lowest BCUT2D eigenvalue weighted by atomic mass is 10.1. The first kappa shape index (κ1) is 15.1. The Bertz CT molecular complexity index is 512. The molecule has 1 aromatic heterocycles. The van der Waals surface area contributed by atoms with Gasteiger partial charge in [-0.1, -0.05) is 31.9 Å².